The van der Waals surface area contributed by atoms with Gasteiger partial charge in [-0.2, -0.15) is 0 Å². The highest BCUT2D eigenvalue weighted by atomic mass is 32.1. The summed E-state index contributed by atoms with van der Waals surface area (Å²) in [7, 11) is 0. The zero-order valence-corrected chi connectivity index (χ0v) is 15.8. The van der Waals surface area contributed by atoms with E-state index in [0.717, 1.165) is 33.2 Å². The number of benzene rings is 4. The second-order valence-corrected chi connectivity index (χ2v) is 7.14. The largest absolute Gasteiger partial charge is 0.332 e. The standard InChI is InChI=1S/C24H17N3S/c28-24(25-20-11-9-16-5-1-2-6-17(16)14-20)26-21-12-10-19-13-18-7-3-4-8-22(18)27-23(19)15-21/h1-15H,(H2,25,26,28). The van der Waals surface area contributed by atoms with Crippen LogP contribution in [0.2, 0.25) is 0 Å². The number of nitrogens with zero attached hydrogens (tertiary/aromatic N) is 1. The highest BCUT2D eigenvalue weighted by molar-refractivity contribution is 7.80. The minimum absolute atomic E-state index is 0.551. The molecule has 3 nitrogen and oxygen atoms in total. The summed E-state index contributed by atoms with van der Waals surface area (Å²) >= 11 is 5.50. The molecule has 0 amide bonds. The quantitative estimate of drug-likeness (QED) is 0.277. The topological polar surface area (TPSA) is 37.0 Å². The summed E-state index contributed by atoms with van der Waals surface area (Å²) in [6.45, 7) is 0. The molecular weight excluding hydrogens is 362 g/mol. The molecule has 1 aromatic heterocycles. The molecule has 0 aliphatic rings. The number of rotatable bonds is 2. The third kappa shape index (κ3) is 3.26. The van der Waals surface area contributed by atoms with Crippen LogP contribution in [0.1, 0.15) is 0 Å². The first-order valence-corrected chi connectivity index (χ1v) is 9.52. The summed E-state index contributed by atoms with van der Waals surface area (Å²) in [5.41, 5.74) is 3.80. The summed E-state index contributed by atoms with van der Waals surface area (Å²) in [6.07, 6.45) is 0. The van der Waals surface area contributed by atoms with E-state index >= 15 is 0 Å². The summed E-state index contributed by atoms with van der Waals surface area (Å²) in [5.74, 6) is 0. The number of anilines is 2. The van der Waals surface area contributed by atoms with Gasteiger partial charge in [-0.25, -0.2) is 4.98 Å². The van der Waals surface area contributed by atoms with E-state index in [1.165, 1.54) is 10.8 Å². The fraction of sp³-hybridized carbons (Fsp3) is 0. The molecule has 5 aromatic rings. The van der Waals surface area contributed by atoms with Crippen molar-refractivity contribution < 1.29 is 0 Å². The van der Waals surface area contributed by atoms with E-state index < -0.39 is 0 Å². The van der Waals surface area contributed by atoms with Gasteiger partial charge in [0, 0.05) is 22.1 Å². The molecule has 4 heteroatoms. The summed E-state index contributed by atoms with van der Waals surface area (Å²) < 4.78 is 0. The molecule has 0 saturated carbocycles. The molecule has 0 bridgehead atoms. The van der Waals surface area contributed by atoms with Gasteiger partial charge in [0.2, 0.25) is 0 Å². The zero-order valence-electron chi connectivity index (χ0n) is 15.0. The van der Waals surface area contributed by atoms with Crippen molar-refractivity contribution in [1.29, 1.82) is 0 Å². The molecule has 0 radical (unpaired) electrons. The van der Waals surface area contributed by atoms with Crippen molar-refractivity contribution >= 4 is 61.3 Å². The Kier molecular flexibility index (Phi) is 4.11. The number of hydrogen-bond acceptors (Lipinski definition) is 2. The molecule has 5 rings (SSSR count). The van der Waals surface area contributed by atoms with Gasteiger partial charge in [-0.1, -0.05) is 54.6 Å². The van der Waals surface area contributed by atoms with Gasteiger partial charge >= 0.3 is 0 Å². The maximum atomic E-state index is 5.50. The molecule has 4 aromatic carbocycles. The molecule has 0 saturated heterocycles. The van der Waals surface area contributed by atoms with Crippen LogP contribution in [0.4, 0.5) is 11.4 Å². The number of hydrogen-bond donors (Lipinski definition) is 2. The van der Waals surface area contributed by atoms with Crippen molar-refractivity contribution in [2.45, 2.75) is 0 Å². The fourth-order valence-electron chi connectivity index (χ4n) is 3.41. The highest BCUT2D eigenvalue weighted by Gasteiger charge is 2.04. The maximum absolute atomic E-state index is 5.50. The van der Waals surface area contributed by atoms with Gasteiger partial charge in [0.15, 0.2) is 5.11 Å². The van der Waals surface area contributed by atoms with Gasteiger partial charge in [-0.3, -0.25) is 0 Å². The Balaban J connectivity index is 1.38. The molecule has 0 unspecified atom stereocenters. The van der Waals surface area contributed by atoms with Gasteiger partial charge in [0.1, 0.15) is 0 Å². The predicted octanol–water partition coefficient (Wildman–Crippen LogP) is 6.35. The first kappa shape index (κ1) is 16.7. The van der Waals surface area contributed by atoms with Crippen LogP contribution >= 0.6 is 12.2 Å². The van der Waals surface area contributed by atoms with Crippen molar-refractivity contribution in [3.8, 4) is 0 Å². The van der Waals surface area contributed by atoms with Gasteiger partial charge in [-0.05, 0) is 59.4 Å². The van der Waals surface area contributed by atoms with E-state index in [0.29, 0.717) is 5.11 Å². The van der Waals surface area contributed by atoms with Crippen LogP contribution in [0.15, 0.2) is 91.0 Å². The molecule has 0 aliphatic carbocycles. The monoisotopic (exact) mass is 379 g/mol. The number of pyridine rings is 1. The molecular formula is C24H17N3S. The van der Waals surface area contributed by atoms with E-state index in [1.54, 1.807) is 0 Å². The molecule has 2 N–H and O–H groups in total. The third-order valence-corrected chi connectivity index (χ3v) is 4.99. The normalized spacial score (nSPS) is 11.0. The lowest BCUT2D eigenvalue weighted by molar-refractivity contribution is 1.49. The predicted molar refractivity (Wildman–Crippen MR) is 123 cm³/mol. The second kappa shape index (κ2) is 6.91. The Morgan fingerprint density at radius 2 is 1.18 bits per heavy atom. The summed E-state index contributed by atoms with van der Waals surface area (Å²) in [5, 5.41) is 11.7. The Hall–Kier alpha value is -3.50. The lowest BCUT2D eigenvalue weighted by atomic mass is 10.1. The molecule has 28 heavy (non-hydrogen) atoms. The number of thiocarbonyl (C=S) groups is 1. The van der Waals surface area contributed by atoms with E-state index in [-0.39, 0.29) is 0 Å². The van der Waals surface area contributed by atoms with Crippen molar-refractivity contribution in [2.24, 2.45) is 0 Å². The fourth-order valence-corrected chi connectivity index (χ4v) is 3.65. The maximum Gasteiger partial charge on any atom is 0.175 e. The van der Waals surface area contributed by atoms with E-state index in [2.05, 4.69) is 53.1 Å². The van der Waals surface area contributed by atoms with Crippen molar-refractivity contribution in [3.05, 3.63) is 91.0 Å². The second-order valence-electron chi connectivity index (χ2n) is 6.73. The molecule has 0 aliphatic heterocycles. The zero-order chi connectivity index (χ0) is 18.9. The molecule has 0 fully saturated rings. The first-order chi connectivity index (χ1) is 13.7. The summed E-state index contributed by atoms with van der Waals surface area (Å²) in [4.78, 5) is 4.76. The molecule has 1 heterocycles. The van der Waals surface area contributed by atoms with Crippen LogP contribution in [0.5, 0.6) is 0 Å². The van der Waals surface area contributed by atoms with E-state index in [4.69, 9.17) is 17.2 Å². The smallest absolute Gasteiger partial charge is 0.175 e. The number of aromatic nitrogens is 1. The number of fused-ring (bicyclic) bond motifs is 3. The third-order valence-electron chi connectivity index (χ3n) is 4.78. The Morgan fingerprint density at radius 1 is 0.571 bits per heavy atom. The van der Waals surface area contributed by atoms with Gasteiger partial charge < -0.3 is 10.6 Å². The van der Waals surface area contributed by atoms with Crippen LogP contribution in [0.25, 0.3) is 32.6 Å². The average molecular weight is 379 g/mol. The summed E-state index contributed by atoms with van der Waals surface area (Å²) in [6, 6.07) is 30.9. The molecule has 0 atom stereocenters. The molecule has 0 spiro atoms. The van der Waals surface area contributed by atoms with Gasteiger partial charge in [0.05, 0.1) is 11.0 Å². The van der Waals surface area contributed by atoms with Crippen molar-refractivity contribution in [3.63, 3.8) is 0 Å². The highest BCUT2D eigenvalue weighted by Crippen LogP contribution is 2.23. The van der Waals surface area contributed by atoms with Crippen molar-refractivity contribution in [1.82, 2.24) is 4.98 Å². The van der Waals surface area contributed by atoms with Crippen LogP contribution in [-0.4, -0.2) is 10.1 Å². The van der Waals surface area contributed by atoms with E-state index in [1.807, 2.05) is 48.5 Å². The minimum Gasteiger partial charge on any atom is -0.332 e. The van der Waals surface area contributed by atoms with Crippen molar-refractivity contribution in [2.75, 3.05) is 10.6 Å². The lowest BCUT2D eigenvalue weighted by Gasteiger charge is -2.12. The van der Waals surface area contributed by atoms with Crippen LogP contribution < -0.4 is 10.6 Å². The minimum atomic E-state index is 0.551. The van der Waals surface area contributed by atoms with Gasteiger partial charge in [-0.15, -0.1) is 0 Å². The Bertz CT molecular complexity index is 1340. The average Bonchev–Trinajstić information content (AvgIpc) is 2.72. The van der Waals surface area contributed by atoms with Gasteiger partial charge in [0.25, 0.3) is 0 Å². The van der Waals surface area contributed by atoms with E-state index in [9.17, 15) is 0 Å². The number of para-hydroxylation sites is 1. The number of nitrogens with one attached hydrogen (secondary N) is 2. The van der Waals surface area contributed by atoms with Crippen LogP contribution in [0, 0.1) is 0 Å². The SMILES string of the molecule is S=C(Nc1ccc2ccccc2c1)Nc1ccc2cc3ccccc3nc2c1. The molecule has 134 valence electrons. The Labute approximate surface area is 168 Å². The van der Waals surface area contributed by atoms with Crippen LogP contribution in [0.3, 0.4) is 0 Å². The Morgan fingerprint density at radius 3 is 2.00 bits per heavy atom. The first-order valence-electron chi connectivity index (χ1n) is 9.11. The van der Waals surface area contributed by atoms with Crippen LogP contribution in [-0.2, 0) is 0 Å². The lowest BCUT2D eigenvalue weighted by Crippen LogP contribution is -2.18.